The Morgan fingerprint density at radius 3 is 2.71 bits per heavy atom. The third-order valence-electron chi connectivity index (χ3n) is 4.05. The minimum Gasteiger partial charge on any atom is -0.338 e. The van der Waals surface area contributed by atoms with Crippen LogP contribution in [-0.2, 0) is 0 Å². The van der Waals surface area contributed by atoms with Crippen LogP contribution in [0, 0.1) is 6.92 Å². The molecule has 0 radical (unpaired) electrons. The molecule has 0 bridgehead atoms. The quantitative estimate of drug-likeness (QED) is 0.734. The van der Waals surface area contributed by atoms with Crippen LogP contribution in [0.25, 0.3) is 11.5 Å². The van der Waals surface area contributed by atoms with Gasteiger partial charge < -0.3 is 9.42 Å². The van der Waals surface area contributed by atoms with Crippen LogP contribution >= 0.6 is 0 Å². The Bertz CT molecular complexity index is 854. The number of rotatable bonds is 3. The van der Waals surface area contributed by atoms with Gasteiger partial charge in [0.05, 0.1) is 12.1 Å². The lowest BCUT2D eigenvalue weighted by Gasteiger charge is -2.37. The highest BCUT2D eigenvalue weighted by molar-refractivity contribution is 5.94. The van der Waals surface area contributed by atoms with Crippen molar-refractivity contribution in [3.8, 4) is 11.5 Å². The number of hydrogen-bond donors (Lipinski definition) is 0. The van der Waals surface area contributed by atoms with Crippen molar-refractivity contribution < 1.29 is 9.32 Å². The maximum absolute atomic E-state index is 12.4. The normalized spacial score (nSPS) is 14.5. The van der Waals surface area contributed by atoms with E-state index in [0.29, 0.717) is 36.1 Å². The zero-order valence-corrected chi connectivity index (χ0v) is 13.1. The smallest absolute Gasteiger partial charge is 0.253 e. The average molecular weight is 321 g/mol. The number of carbonyl (C=O) groups excluding carboxylic acids is 1. The molecule has 0 atom stereocenters. The molecule has 0 spiro atoms. The molecule has 0 aliphatic carbocycles. The minimum absolute atomic E-state index is 0.0277. The number of carbonyl (C=O) groups is 1. The monoisotopic (exact) mass is 321 g/mol. The highest BCUT2D eigenvalue weighted by Gasteiger charge is 2.36. The van der Waals surface area contributed by atoms with Crippen molar-refractivity contribution in [1.29, 1.82) is 0 Å². The largest absolute Gasteiger partial charge is 0.338 e. The fraction of sp³-hybridized carbons (Fsp3) is 0.235. The van der Waals surface area contributed by atoms with Crippen molar-refractivity contribution in [2.45, 2.75) is 12.8 Å². The summed E-state index contributed by atoms with van der Waals surface area (Å²) in [4.78, 5) is 26.7. The second-order valence-corrected chi connectivity index (χ2v) is 5.82. The van der Waals surface area contributed by atoms with E-state index in [1.807, 2.05) is 31.2 Å². The maximum atomic E-state index is 12.4. The molecule has 1 aliphatic heterocycles. The van der Waals surface area contributed by atoms with Gasteiger partial charge >= 0.3 is 0 Å². The van der Waals surface area contributed by atoms with Crippen LogP contribution in [0.3, 0.4) is 0 Å². The highest BCUT2D eigenvalue weighted by Crippen LogP contribution is 2.28. The zero-order chi connectivity index (χ0) is 16.5. The molecule has 1 fully saturated rings. The first-order chi connectivity index (χ1) is 11.7. The number of nitrogens with zero attached hydrogens (tertiary/aromatic N) is 5. The number of aryl methyl sites for hydroxylation is 1. The Balaban J connectivity index is 1.42. The molecule has 7 nitrogen and oxygen atoms in total. The molecular formula is C17H15N5O2. The van der Waals surface area contributed by atoms with Crippen molar-refractivity contribution in [2.24, 2.45) is 0 Å². The molecular weight excluding hydrogens is 306 g/mol. The van der Waals surface area contributed by atoms with Gasteiger partial charge in [0.15, 0.2) is 0 Å². The van der Waals surface area contributed by atoms with Crippen LogP contribution in [0.2, 0.25) is 0 Å². The minimum atomic E-state index is 0.0277. The summed E-state index contributed by atoms with van der Waals surface area (Å²) in [6.07, 6.45) is 4.75. The van der Waals surface area contributed by atoms with Gasteiger partial charge in [0.2, 0.25) is 11.7 Å². The first-order valence-electron chi connectivity index (χ1n) is 7.66. The van der Waals surface area contributed by atoms with Crippen LogP contribution in [0.5, 0.6) is 0 Å². The summed E-state index contributed by atoms with van der Waals surface area (Å²) in [5.41, 5.74) is 2.40. The molecule has 24 heavy (non-hydrogen) atoms. The lowest BCUT2D eigenvalue weighted by atomic mass is 9.98. The van der Waals surface area contributed by atoms with E-state index in [1.54, 1.807) is 23.5 Å². The van der Waals surface area contributed by atoms with Crippen LogP contribution in [0.1, 0.15) is 27.7 Å². The van der Waals surface area contributed by atoms with Crippen LogP contribution < -0.4 is 0 Å². The van der Waals surface area contributed by atoms with Gasteiger partial charge in [-0.3, -0.25) is 9.78 Å². The van der Waals surface area contributed by atoms with E-state index in [4.69, 9.17) is 4.52 Å². The molecule has 0 N–H and O–H groups in total. The molecule has 1 aromatic carbocycles. The molecule has 1 aliphatic rings. The maximum Gasteiger partial charge on any atom is 0.253 e. The van der Waals surface area contributed by atoms with Gasteiger partial charge in [0.25, 0.3) is 5.91 Å². The molecule has 4 rings (SSSR count). The molecule has 1 amide bonds. The molecule has 7 heteroatoms. The third-order valence-corrected chi connectivity index (χ3v) is 4.05. The predicted molar refractivity (Wildman–Crippen MR) is 85.1 cm³/mol. The summed E-state index contributed by atoms with van der Waals surface area (Å²) in [6, 6.07) is 7.58. The number of aromatic nitrogens is 4. The first-order valence-corrected chi connectivity index (χ1v) is 7.66. The lowest BCUT2D eigenvalue weighted by molar-refractivity contribution is 0.0569. The molecule has 3 heterocycles. The predicted octanol–water partition coefficient (Wildman–Crippen LogP) is 2.07. The summed E-state index contributed by atoms with van der Waals surface area (Å²) < 4.78 is 5.31. The lowest BCUT2D eigenvalue weighted by Crippen LogP contribution is -2.48. The van der Waals surface area contributed by atoms with Gasteiger partial charge in [-0.25, -0.2) is 4.98 Å². The Morgan fingerprint density at radius 2 is 2.00 bits per heavy atom. The van der Waals surface area contributed by atoms with E-state index in [2.05, 4.69) is 20.1 Å². The fourth-order valence-corrected chi connectivity index (χ4v) is 2.60. The van der Waals surface area contributed by atoms with Gasteiger partial charge in [-0.05, 0) is 19.1 Å². The van der Waals surface area contributed by atoms with Crippen molar-refractivity contribution in [3.63, 3.8) is 0 Å². The molecule has 0 unspecified atom stereocenters. The average Bonchev–Trinajstić information content (AvgIpc) is 3.04. The van der Waals surface area contributed by atoms with Crippen molar-refractivity contribution >= 4 is 5.91 Å². The topological polar surface area (TPSA) is 85.0 Å². The molecule has 2 aromatic heterocycles. The summed E-state index contributed by atoms with van der Waals surface area (Å²) >= 11 is 0. The molecule has 3 aromatic rings. The van der Waals surface area contributed by atoms with Gasteiger partial charge in [-0.15, -0.1) is 0 Å². The molecule has 120 valence electrons. The number of likely N-dealkylation sites (tertiary alicyclic amines) is 1. The van der Waals surface area contributed by atoms with E-state index < -0.39 is 0 Å². The third kappa shape index (κ3) is 2.64. The number of benzene rings is 1. The van der Waals surface area contributed by atoms with Crippen molar-refractivity contribution in [3.05, 3.63) is 59.9 Å². The van der Waals surface area contributed by atoms with E-state index in [9.17, 15) is 4.79 Å². The first kappa shape index (κ1) is 14.5. The summed E-state index contributed by atoms with van der Waals surface area (Å²) in [5, 5.41) is 3.94. The summed E-state index contributed by atoms with van der Waals surface area (Å²) in [6.45, 7) is 3.15. The van der Waals surface area contributed by atoms with E-state index >= 15 is 0 Å². The Morgan fingerprint density at radius 1 is 1.21 bits per heavy atom. The van der Waals surface area contributed by atoms with E-state index in [0.717, 1.165) is 5.56 Å². The van der Waals surface area contributed by atoms with Crippen molar-refractivity contribution in [1.82, 2.24) is 25.0 Å². The van der Waals surface area contributed by atoms with Crippen LogP contribution in [-0.4, -0.2) is 44.0 Å². The second-order valence-electron chi connectivity index (χ2n) is 5.82. The number of amides is 1. The van der Waals surface area contributed by atoms with Crippen LogP contribution in [0.4, 0.5) is 0 Å². The van der Waals surface area contributed by atoms with Gasteiger partial charge in [-0.1, -0.05) is 22.9 Å². The fourth-order valence-electron chi connectivity index (χ4n) is 2.60. The van der Waals surface area contributed by atoms with Gasteiger partial charge in [-0.2, -0.15) is 4.98 Å². The summed E-state index contributed by atoms with van der Waals surface area (Å²) in [5.74, 6) is 1.04. The molecule has 0 saturated carbocycles. The number of hydrogen-bond acceptors (Lipinski definition) is 6. The molecule has 1 saturated heterocycles. The Kier molecular flexibility index (Phi) is 3.53. The standard InChI is InChI=1S/C17H15N5O2/c1-11-2-4-12(5-3-11)17(23)22-9-13(10-22)16-20-15(21-24-16)14-8-18-6-7-19-14/h2-8,13H,9-10H2,1H3. The van der Waals surface area contributed by atoms with Crippen molar-refractivity contribution in [2.75, 3.05) is 13.1 Å². The van der Waals surface area contributed by atoms with E-state index in [1.165, 1.54) is 0 Å². The van der Waals surface area contributed by atoms with Crippen LogP contribution in [0.15, 0.2) is 47.4 Å². The van der Waals surface area contributed by atoms with E-state index in [-0.39, 0.29) is 11.8 Å². The SMILES string of the molecule is Cc1ccc(C(=O)N2CC(c3nc(-c4cnccn4)no3)C2)cc1. The van der Waals surface area contributed by atoms with Gasteiger partial charge in [0, 0.05) is 31.0 Å². The second kappa shape index (κ2) is 5.84. The summed E-state index contributed by atoms with van der Waals surface area (Å²) in [7, 11) is 0. The zero-order valence-electron chi connectivity index (χ0n) is 13.1. The Labute approximate surface area is 138 Å². The Hall–Kier alpha value is -3.09. The highest BCUT2D eigenvalue weighted by atomic mass is 16.5. The van der Waals surface area contributed by atoms with Gasteiger partial charge in [0.1, 0.15) is 5.69 Å².